The van der Waals surface area contributed by atoms with Crippen molar-refractivity contribution in [1.82, 2.24) is 0 Å². The number of allylic oxidation sites excluding steroid dienone is 1. The lowest BCUT2D eigenvalue weighted by Gasteiger charge is -2.35. The topological polar surface area (TPSA) is 93.1 Å². The van der Waals surface area contributed by atoms with E-state index in [0.29, 0.717) is 17.6 Å². The predicted octanol–water partition coefficient (Wildman–Crippen LogP) is 5.55. The first-order valence-corrected chi connectivity index (χ1v) is 9.64. The number of fused-ring (bicyclic) bond motifs is 1. The normalized spacial score (nSPS) is 18.9. The van der Waals surface area contributed by atoms with Crippen molar-refractivity contribution in [2.45, 2.75) is 64.6 Å². The summed E-state index contributed by atoms with van der Waals surface area (Å²) in [7, 11) is 0. The molecule has 0 heterocycles. The lowest BCUT2D eigenvalue weighted by molar-refractivity contribution is -0.167. The summed E-state index contributed by atoms with van der Waals surface area (Å²) < 4.78 is 10.6. The van der Waals surface area contributed by atoms with Gasteiger partial charge >= 0.3 is 18.1 Å². The van der Waals surface area contributed by atoms with E-state index >= 15 is 0 Å². The number of carboxylic acid groups (broad SMARTS) is 2. The van der Waals surface area contributed by atoms with Gasteiger partial charge in [0, 0.05) is 11.1 Å². The van der Waals surface area contributed by atoms with Crippen molar-refractivity contribution < 1.29 is 29.3 Å². The van der Waals surface area contributed by atoms with Crippen LogP contribution in [0.1, 0.15) is 69.1 Å². The minimum absolute atomic E-state index is 0.0458. The van der Waals surface area contributed by atoms with Crippen LogP contribution in [0.2, 0.25) is 0 Å². The molecule has 2 aliphatic rings. The summed E-state index contributed by atoms with van der Waals surface area (Å²) in [6.07, 6.45) is 3.25. The van der Waals surface area contributed by atoms with Crippen LogP contribution in [0.5, 0.6) is 0 Å². The fraction of sp³-hybridized carbons (Fsp3) is 0.524. The maximum absolute atomic E-state index is 11.6. The third-order valence-electron chi connectivity index (χ3n) is 5.70. The van der Waals surface area contributed by atoms with Crippen molar-refractivity contribution >= 4 is 17.9 Å². The molecule has 2 aliphatic carbocycles. The maximum atomic E-state index is 11.6. The Morgan fingerprint density at radius 1 is 1.04 bits per heavy atom. The van der Waals surface area contributed by atoms with Crippen molar-refractivity contribution in [3.63, 3.8) is 0 Å². The minimum Gasteiger partial charge on any atom is -0.450 e. The van der Waals surface area contributed by atoms with Crippen LogP contribution >= 0.6 is 0 Å². The molecule has 146 valence electrons. The fourth-order valence-corrected chi connectivity index (χ4v) is 4.76. The maximum Gasteiger partial charge on any atom is 0.509 e. The van der Waals surface area contributed by atoms with E-state index in [2.05, 4.69) is 0 Å². The molecule has 27 heavy (non-hydrogen) atoms. The Labute approximate surface area is 158 Å². The number of ether oxygens (including phenoxy) is 2. The molecule has 6 nitrogen and oxygen atoms in total. The smallest absolute Gasteiger partial charge is 0.450 e. The van der Waals surface area contributed by atoms with Crippen molar-refractivity contribution in [3.05, 3.63) is 40.5 Å². The van der Waals surface area contributed by atoms with Gasteiger partial charge in [-0.1, -0.05) is 51.3 Å². The summed E-state index contributed by atoms with van der Waals surface area (Å²) in [5.41, 5.74) is 4.08. The second-order valence-electron chi connectivity index (χ2n) is 7.13. The van der Waals surface area contributed by atoms with Gasteiger partial charge in [-0.15, -0.1) is 0 Å². The molecule has 1 aromatic rings. The van der Waals surface area contributed by atoms with Crippen molar-refractivity contribution in [2.24, 2.45) is 5.92 Å². The first-order valence-electron chi connectivity index (χ1n) is 9.64. The monoisotopic (exact) mass is 374 g/mol. The van der Waals surface area contributed by atoms with Gasteiger partial charge in [0.15, 0.2) is 0 Å². The molecule has 1 fully saturated rings. The summed E-state index contributed by atoms with van der Waals surface area (Å²) >= 11 is 0. The molecule has 1 aromatic carbocycles. The first-order chi connectivity index (χ1) is 12.9. The van der Waals surface area contributed by atoms with E-state index < -0.39 is 18.1 Å². The molecule has 0 atom stereocenters. The Bertz CT molecular complexity index is 757. The molecular weight excluding hydrogens is 348 g/mol. The Hall–Kier alpha value is -2.50. The Kier molecular flexibility index (Phi) is 5.44. The van der Waals surface area contributed by atoms with Crippen LogP contribution in [-0.2, 0) is 21.7 Å². The SMILES string of the molecule is CCC1=C(C2CCCCC2)C(OC(=O)O)(OC(=O)O)c2cccc(CC)c21. The van der Waals surface area contributed by atoms with E-state index in [1.165, 1.54) is 0 Å². The minimum atomic E-state index is -1.91. The summed E-state index contributed by atoms with van der Waals surface area (Å²) in [6, 6.07) is 5.52. The quantitative estimate of drug-likeness (QED) is 0.518. The van der Waals surface area contributed by atoms with Gasteiger partial charge in [0.25, 0.3) is 0 Å². The lowest BCUT2D eigenvalue weighted by Crippen LogP contribution is -2.40. The van der Waals surface area contributed by atoms with Gasteiger partial charge < -0.3 is 19.7 Å². The van der Waals surface area contributed by atoms with Gasteiger partial charge in [-0.05, 0) is 48.3 Å². The number of hydrogen-bond acceptors (Lipinski definition) is 4. The molecule has 6 heteroatoms. The second kappa shape index (κ2) is 7.62. The zero-order chi connectivity index (χ0) is 19.6. The van der Waals surface area contributed by atoms with Crippen molar-refractivity contribution in [2.75, 3.05) is 0 Å². The van der Waals surface area contributed by atoms with Gasteiger partial charge in [0.05, 0.1) is 0 Å². The van der Waals surface area contributed by atoms with Crippen LogP contribution in [0.25, 0.3) is 5.57 Å². The van der Waals surface area contributed by atoms with Gasteiger partial charge in [-0.3, -0.25) is 0 Å². The van der Waals surface area contributed by atoms with Crippen LogP contribution in [0.4, 0.5) is 9.59 Å². The number of carbonyl (C=O) groups is 2. The number of rotatable bonds is 5. The van der Waals surface area contributed by atoms with Gasteiger partial charge in [-0.25, -0.2) is 9.59 Å². The van der Waals surface area contributed by atoms with E-state index in [0.717, 1.165) is 55.2 Å². The zero-order valence-electron chi connectivity index (χ0n) is 15.8. The highest BCUT2D eigenvalue weighted by atomic mass is 16.8. The molecule has 3 rings (SSSR count). The molecule has 0 unspecified atom stereocenters. The number of benzene rings is 1. The number of aryl methyl sites for hydroxylation is 1. The summed E-state index contributed by atoms with van der Waals surface area (Å²) in [6.45, 7) is 4.03. The predicted molar refractivity (Wildman–Crippen MR) is 99.5 cm³/mol. The van der Waals surface area contributed by atoms with Crippen LogP contribution in [0, 0.1) is 5.92 Å². The largest absolute Gasteiger partial charge is 0.509 e. The molecular formula is C21H26O6. The third-order valence-corrected chi connectivity index (χ3v) is 5.70. The highest BCUT2D eigenvalue weighted by molar-refractivity contribution is 5.83. The molecule has 0 saturated heterocycles. The summed E-state index contributed by atoms with van der Waals surface area (Å²) in [5.74, 6) is -1.87. The van der Waals surface area contributed by atoms with Crippen LogP contribution in [0.3, 0.4) is 0 Å². The van der Waals surface area contributed by atoms with Crippen LogP contribution in [-0.4, -0.2) is 22.5 Å². The molecule has 2 N–H and O–H groups in total. The van der Waals surface area contributed by atoms with E-state index in [1.807, 2.05) is 19.9 Å². The molecule has 1 saturated carbocycles. The number of hydrogen-bond donors (Lipinski definition) is 2. The van der Waals surface area contributed by atoms with E-state index in [-0.39, 0.29) is 5.92 Å². The van der Waals surface area contributed by atoms with E-state index in [4.69, 9.17) is 9.47 Å². The first kappa shape index (κ1) is 19.3. The van der Waals surface area contributed by atoms with Gasteiger partial charge in [0.1, 0.15) is 0 Å². The third kappa shape index (κ3) is 3.29. The van der Waals surface area contributed by atoms with Gasteiger partial charge in [-0.2, -0.15) is 0 Å². The Balaban J connectivity index is 2.31. The summed E-state index contributed by atoms with van der Waals surface area (Å²) in [4.78, 5) is 23.2. The van der Waals surface area contributed by atoms with Crippen LogP contribution in [0.15, 0.2) is 23.8 Å². The Morgan fingerprint density at radius 2 is 1.67 bits per heavy atom. The van der Waals surface area contributed by atoms with Crippen molar-refractivity contribution in [1.29, 1.82) is 0 Å². The molecule has 0 bridgehead atoms. The fourth-order valence-electron chi connectivity index (χ4n) is 4.76. The molecule has 0 amide bonds. The van der Waals surface area contributed by atoms with Crippen LogP contribution < -0.4 is 0 Å². The highest BCUT2D eigenvalue weighted by Crippen LogP contribution is 2.55. The molecule has 0 aromatic heterocycles. The molecule has 0 aliphatic heterocycles. The van der Waals surface area contributed by atoms with E-state index in [1.54, 1.807) is 12.1 Å². The average Bonchev–Trinajstić information content (AvgIpc) is 2.90. The molecule has 0 radical (unpaired) electrons. The highest BCUT2D eigenvalue weighted by Gasteiger charge is 2.55. The lowest BCUT2D eigenvalue weighted by atomic mass is 9.79. The summed E-state index contributed by atoms with van der Waals surface area (Å²) in [5, 5.41) is 18.9. The molecule has 0 spiro atoms. The van der Waals surface area contributed by atoms with E-state index in [9.17, 15) is 19.8 Å². The average molecular weight is 374 g/mol. The second-order valence-corrected chi connectivity index (χ2v) is 7.13. The standard InChI is InChI=1S/C21H26O6/c1-3-13-11-8-12-16-17(13)15(4-2)18(14-9-6-5-7-10-14)21(16,26-19(22)23)27-20(24)25/h8,11-12,14H,3-7,9-10H2,1-2H3,(H,22,23)(H,24,25). The zero-order valence-corrected chi connectivity index (χ0v) is 15.8. The Morgan fingerprint density at radius 3 is 2.19 bits per heavy atom. The van der Waals surface area contributed by atoms with Crippen molar-refractivity contribution in [3.8, 4) is 0 Å². The van der Waals surface area contributed by atoms with Gasteiger partial charge in [0.2, 0.25) is 0 Å².